The molecule has 9 heterocycles. The van der Waals surface area contributed by atoms with Crippen molar-refractivity contribution < 1.29 is 39.3 Å². The number of primary amides is 2. The first-order chi connectivity index (χ1) is 72.6. The van der Waals surface area contributed by atoms with E-state index < -0.39 is 49.6 Å². The molecule has 1 saturated heterocycles. The first kappa shape index (κ1) is 98.6. The fourth-order valence-electron chi connectivity index (χ4n) is 20.6. The van der Waals surface area contributed by atoms with Crippen LogP contribution in [-0.4, -0.2) is 69.4 Å². The Morgan fingerprint density at radius 1 is 0.376 bits per heavy atom. The third kappa shape index (κ3) is 18.3. The third-order valence-electron chi connectivity index (χ3n) is 27.7. The lowest BCUT2D eigenvalue weighted by atomic mass is 9.76. The number of fused-ring (bicyclic) bond motifs is 40. The fourth-order valence-corrected chi connectivity index (χ4v) is 27.5. The highest BCUT2D eigenvalue weighted by Crippen LogP contribution is 2.61. The average molecular weight is 2200 g/mol. The van der Waals surface area contributed by atoms with Gasteiger partial charge in [-0.25, -0.2) is 4.98 Å². The number of carbonyl (C=O) groups excluding carboxylic acids is 2. The summed E-state index contributed by atoms with van der Waals surface area (Å²) in [6.45, 7) is 8.37. The summed E-state index contributed by atoms with van der Waals surface area (Å²) in [5, 5.41) is 50.2. The van der Waals surface area contributed by atoms with Crippen LogP contribution in [0.15, 0.2) is 385 Å². The minimum atomic E-state index is -3.22. The second-order valence-corrected chi connectivity index (χ2v) is 49.9. The number of alkyl halides is 1. The van der Waals surface area contributed by atoms with Gasteiger partial charge in [-0.1, -0.05) is 327 Å². The van der Waals surface area contributed by atoms with Gasteiger partial charge in [-0.2, -0.15) is 0 Å². The van der Waals surface area contributed by atoms with Crippen molar-refractivity contribution in [3.05, 3.63) is 407 Å². The van der Waals surface area contributed by atoms with Gasteiger partial charge >= 0.3 is 19.4 Å². The minimum Gasteiger partial charge on any atom is -0.423 e. The zero-order chi connectivity index (χ0) is 104. The molecule has 0 aliphatic carbocycles. The van der Waals surface area contributed by atoms with Crippen LogP contribution < -0.4 is 28.1 Å². The Balaban J connectivity index is 0.000000102. The monoisotopic (exact) mass is 2200 g/mol. The zero-order valence-electron chi connectivity index (χ0n) is 80.8. The van der Waals surface area contributed by atoms with Crippen LogP contribution in [0.3, 0.4) is 0 Å². The molecule has 8 aromatic heterocycles. The molecular formula is C122H84B2BrCl4FN5O8PS5. The molecule has 20 aromatic carbocycles. The number of nitrogens with two attached hydrogens (primary N) is 2. The Bertz CT molecular complexity index is 10500. The van der Waals surface area contributed by atoms with Gasteiger partial charge in [0.15, 0.2) is 0 Å². The van der Waals surface area contributed by atoms with E-state index in [0.717, 1.165) is 97.0 Å². The van der Waals surface area contributed by atoms with Crippen molar-refractivity contribution >= 4 is 380 Å². The number of benzene rings is 20. The van der Waals surface area contributed by atoms with Crippen molar-refractivity contribution in [1.82, 2.24) is 15.0 Å². The molecule has 28 aromatic rings. The molecule has 2 amide bonds. The quantitative estimate of drug-likeness (QED) is 0.0475. The van der Waals surface area contributed by atoms with Gasteiger partial charge in [0.25, 0.3) is 5.56 Å². The summed E-state index contributed by atoms with van der Waals surface area (Å²) in [6.07, 6.45) is 0. The van der Waals surface area contributed by atoms with E-state index in [9.17, 15) is 33.4 Å². The lowest BCUT2D eigenvalue weighted by Gasteiger charge is -2.32. The van der Waals surface area contributed by atoms with Crippen LogP contribution in [0, 0.1) is 0 Å². The van der Waals surface area contributed by atoms with Gasteiger partial charge in [0.2, 0.25) is 11.8 Å². The average Bonchev–Trinajstić information content (AvgIpc) is 1.49. The number of aromatic nitrogens is 3. The molecule has 0 unspecified atom stereocenters. The molecule has 1 aliphatic rings. The predicted octanol–water partition coefficient (Wildman–Crippen LogP) is 34.8. The second-order valence-electron chi connectivity index (χ2n) is 36.8. The maximum Gasteiger partial charge on any atom is 0.515 e. The molecule has 0 radical (unpaired) electrons. The third-order valence-corrected chi connectivity index (χ3v) is 34.8. The Hall–Kier alpha value is -13.7. The van der Waals surface area contributed by atoms with Crippen LogP contribution in [0.4, 0.5) is 4.39 Å². The molecule has 728 valence electrons. The molecule has 1 aliphatic heterocycles. The molecule has 13 nitrogen and oxygen atoms in total. The summed E-state index contributed by atoms with van der Waals surface area (Å²) in [4.78, 5) is 48.8. The number of amides is 2. The van der Waals surface area contributed by atoms with Gasteiger partial charge in [-0.05, 0) is 203 Å². The smallest absolute Gasteiger partial charge is 0.423 e. The number of hydrogen-bond acceptors (Lipinski definition) is 15. The van der Waals surface area contributed by atoms with E-state index in [-0.39, 0.29) is 5.56 Å². The number of aromatic amines is 1. The lowest BCUT2D eigenvalue weighted by molar-refractivity contribution is 0.00578. The summed E-state index contributed by atoms with van der Waals surface area (Å²) in [5.74, 6) is -0.813. The Kier molecular flexibility index (Phi) is 27.1. The largest absolute Gasteiger partial charge is 0.515 e. The number of hydrogen-bond donors (Lipinski definition) is 5. The first-order valence-electron chi connectivity index (χ1n) is 48.2. The maximum atomic E-state index is 12.8. The molecule has 149 heavy (non-hydrogen) atoms. The van der Waals surface area contributed by atoms with Gasteiger partial charge in [0, 0.05) is 165 Å². The van der Waals surface area contributed by atoms with Gasteiger partial charge in [0.1, 0.15) is 5.15 Å². The van der Waals surface area contributed by atoms with E-state index in [4.69, 9.17) is 43.7 Å². The fraction of sp³-hybridized carbons (Fsp3) is 0.0574. The number of thiophene rings is 5. The van der Waals surface area contributed by atoms with Crippen molar-refractivity contribution in [2.24, 2.45) is 11.5 Å². The van der Waals surface area contributed by atoms with Gasteiger partial charge in [-0.3, -0.25) is 28.3 Å². The first-order valence-corrected chi connectivity index (χ1v) is 57.2. The molecule has 1 fully saturated rings. The summed E-state index contributed by atoms with van der Waals surface area (Å²) < 4.78 is 51.3. The molecule has 0 atom stereocenters. The van der Waals surface area contributed by atoms with Crippen LogP contribution in [0.25, 0.3) is 231 Å². The van der Waals surface area contributed by atoms with E-state index in [0.29, 0.717) is 21.7 Å². The van der Waals surface area contributed by atoms with E-state index in [1.165, 1.54) is 144 Å². The number of pyridine rings is 3. The molecule has 27 heteroatoms. The van der Waals surface area contributed by atoms with Crippen LogP contribution >= 0.6 is 123 Å². The highest BCUT2D eigenvalue weighted by atomic mass is 79.9. The number of nitrogens with one attached hydrogen (secondary N) is 1. The summed E-state index contributed by atoms with van der Waals surface area (Å²) in [7, 11) is -2.98. The van der Waals surface area contributed by atoms with Crippen molar-refractivity contribution in [3.8, 4) is 11.1 Å². The predicted molar refractivity (Wildman–Crippen MR) is 645 cm³/mol. The van der Waals surface area contributed by atoms with Crippen LogP contribution in [0.2, 0.25) is 5.15 Å². The SMILES string of the molecule is CC1(C)OB(c2nc3c(c4ccccc24)c2ccccc2c2sc4ccccc4c32)OC1(C)C.Clc1nc2c(c3ccccc13)c1ccccc1c1sc3ccccc3c21.NC(=O)c1ccccc1-c1cc2c3ccccc3sc2c2ccccc12.NC(=O)c1ccccc1Br.O=P(Cl)(Cl)Cl.O=c1[nH]c2c(c3ccccc13)c1ccccc1c1sc3ccccc3c21.OB(O)c1cc2c3ccccc3sc2c2ccccc12.[2H]CF. The summed E-state index contributed by atoms with van der Waals surface area (Å²) >= 11 is 32.7. The lowest BCUT2D eigenvalue weighted by Crippen LogP contribution is -2.41. The molecule has 0 saturated carbocycles. The molecule has 0 bridgehead atoms. The molecule has 7 N–H and O–H groups in total. The van der Waals surface area contributed by atoms with Crippen molar-refractivity contribution in [2.75, 3.05) is 7.15 Å². The van der Waals surface area contributed by atoms with Crippen molar-refractivity contribution in [3.63, 3.8) is 0 Å². The summed E-state index contributed by atoms with van der Waals surface area (Å²) in [5.41, 5.74) is 17.2. The van der Waals surface area contributed by atoms with Crippen LogP contribution in [0.1, 0.15) is 49.8 Å². The van der Waals surface area contributed by atoms with Crippen molar-refractivity contribution in [2.45, 2.75) is 38.9 Å². The maximum absolute atomic E-state index is 12.8. The number of nitrogens with zero attached hydrogens (tertiary/aromatic N) is 2. The minimum absolute atomic E-state index is 0.0278. The highest BCUT2D eigenvalue weighted by molar-refractivity contribution is 9.10. The second kappa shape index (κ2) is 41.0. The Morgan fingerprint density at radius 2 is 0.678 bits per heavy atom. The van der Waals surface area contributed by atoms with E-state index in [2.05, 4.69) is 337 Å². The standard InChI is InChI=1S/C29H24BNO2S.C23H12ClNS.C23H13NOS.C23H15NOS.C16H11BO2S.C7H6BrNO.CH3F.Cl3OP/c1-28(2)29(3,4)33-30(32-28)27-20-14-8-6-12-18(20)23-17-11-5-7-13-19(17)26-24(25(23)31-27)21-15-9-10-16-22(21)34-26;24-23-16-10-4-2-8-14(16)19-13-7-1-3-9-15(13)22-20(21(19)25-23)17-11-5-6-12-18(17)26-22;25-23-16-10-4-2-8-14(16)19-13-7-1-3-9-15(13)22-20(21(19)24-23)17-11-5-6-12-18(17)26-22;24-23(25)18-11-4-2-8-15(18)19-13-20-16-9-5-6-12-21(16)26-22(20)17-10-3-1-7-14(17)19;18-17(19)14-9-13-11-6-3-4-8-15(11)20-16(13)12-7-2-1-5-10(12)14;8-6-4-2-1-3-5(6)7(9)10;1-2;1-5(2,3)4/h5-16H,1-4H3;1-12H;1-12H,(H,24,25);1-13H,(H2,24,25);1-9,18-19H;1-4H,(H2,9,10);1H3;/i;;;;;;1D;. The molecule has 29 rings (SSSR count). The normalized spacial score (nSPS) is 12.9. The number of carbonyl (C=O) groups is 2. The zero-order valence-corrected chi connectivity index (χ0v) is 89.4. The van der Waals surface area contributed by atoms with Gasteiger partial charge < -0.3 is 35.8 Å². The molecular weight excluding hydrogens is 2120 g/mol. The Morgan fingerprint density at radius 3 is 1.12 bits per heavy atom. The van der Waals surface area contributed by atoms with Crippen LogP contribution in [-0.2, 0) is 13.9 Å². The van der Waals surface area contributed by atoms with Crippen molar-refractivity contribution in [1.29, 1.82) is 0 Å². The number of H-pyrrole nitrogens is 1. The number of halogens is 6. The van der Waals surface area contributed by atoms with Crippen LogP contribution in [0.5, 0.6) is 0 Å². The number of rotatable bonds is 5. The Labute approximate surface area is 901 Å². The van der Waals surface area contributed by atoms with E-state index >= 15 is 0 Å². The van der Waals surface area contributed by atoms with E-state index in [1.807, 2.05) is 131 Å². The molecule has 0 spiro atoms. The van der Waals surface area contributed by atoms with Gasteiger partial charge in [-0.15, -0.1) is 56.7 Å². The van der Waals surface area contributed by atoms with E-state index in [1.54, 1.807) is 46.9 Å². The van der Waals surface area contributed by atoms with Gasteiger partial charge in [0.05, 0.1) is 47.4 Å². The highest BCUT2D eigenvalue weighted by Gasteiger charge is 2.53. The topological polar surface area (TPSA) is 221 Å². The summed E-state index contributed by atoms with van der Waals surface area (Å²) in [6, 6.07) is 128.